The number of carbonyl (C=O) groups is 2. The number of hydrogen-bond acceptors (Lipinski definition) is 4. The second kappa shape index (κ2) is 11.5. The van der Waals surface area contributed by atoms with Crippen molar-refractivity contribution in [3.8, 4) is 6.07 Å². The summed E-state index contributed by atoms with van der Waals surface area (Å²) < 4.78 is 2.05. The summed E-state index contributed by atoms with van der Waals surface area (Å²) in [4.78, 5) is 25.5. The van der Waals surface area contributed by atoms with Gasteiger partial charge in [0.25, 0.3) is 11.8 Å². The van der Waals surface area contributed by atoms with Crippen molar-refractivity contribution >= 4 is 40.5 Å². The van der Waals surface area contributed by atoms with E-state index in [4.69, 9.17) is 11.6 Å². The summed E-state index contributed by atoms with van der Waals surface area (Å²) in [5.41, 5.74) is 6.32. The van der Waals surface area contributed by atoms with E-state index in [1.807, 2.05) is 62.5 Å². The molecule has 4 aromatic rings. The number of benzene rings is 3. The van der Waals surface area contributed by atoms with Crippen molar-refractivity contribution in [2.45, 2.75) is 26.4 Å². The predicted molar refractivity (Wildman–Crippen MR) is 145 cm³/mol. The number of hydrazone groups is 1. The Morgan fingerprint density at radius 1 is 1.05 bits per heavy atom. The van der Waals surface area contributed by atoms with Crippen molar-refractivity contribution in [2.24, 2.45) is 11.0 Å². The van der Waals surface area contributed by atoms with E-state index in [0.717, 1.165) is 22.0 Å². The molecule has 2 N–H and O–H groups in total. The first-order valence-corrected chi connectivity index (χ1v) is 12.2. The van der Waals surface area contributed by atoms with Gasteiger partial charge in [-0.2, -0.15) is 10.4 Å². The van der Waals surface area contributed by atoms with Crippen LogP contribution in [0.25, 0.3) is 10.9 Å². The summed E-state index contributed by atoms with van der Waals surface area (Å²) in [6, 6.07) is 23.3. The van der Waals surface area contributed by atoms with E-state index in [1.165, 1.54) is 0 Å². The number of hydrogen-bond donors (Lipinski definition) is 2. The Kier molecular flexibility index (Phi) is 8.02. The van der Waals surface area contributed by atoms with Gasteiger partial charge in [-0.05, 0) is 47.9 Å². The number of amides is 2. The van der Waals surface area contributed by atoms with Crippen LogP contribution in [-0.2, 0) is 11.3 Å². The van der Waals surface area contributed by atoms with Crippen molar-refractivity contribution in [3.05, 3.63) is 106 Å². The molecule has 1 aromatic heterocycles. The molecule has 0 saturated heterocycles. The van der Waals surface area contributed by atoms with Crippen LogP contribution < -0.4 is 10.7 Å². The van der Waals surface area contributed by atoms with Crippen LogP contribution in [0.5, 0.6) is 0 Å². The summed E-state index contributed by atoms with van der Waals surface area (Å²) in [5.74, 6) is -0.941. The van der Waals surface area contributed by atoms with E-state index in [9.17, 15) is 14.9 Å². The first kappa shape index (κ1) is 25.7. The number of para-hydroxylation sites is 1. The highest BCUT2D eigenvalue weighted by Gasteiger charge is 2.24. The molecule has 0 bridgehead atoms. The molecule has 1 atom stereocenters. The lowest BCUT2D eigenvalue weighted by atomic mass is 10.0. The third-order valence-corrected chi connectivity index (χ3v) is 6.27. The fourth-order valence-electron chi connectivity index (χ4n) is 4.06. The minimum absolute atomic E-state index is 0.159. The lowest BCUT2D eigenvalue weighted by Crippen LogP contribution is -2.48. The zero-order chi connectivity index (χ0) is 26.4. The van der Waals surface area contributed by atoms with Crippen molar-refractivity contribution in [3.63, 3.8) is 0 Å². The van der Waals surface area contributed by atoms with Crippen LogP contribution in [0.2, 0.25) is 5.02 Å². The third kappa shape index (κ3) is 6.05. The summed E-state index contributed by atoms with van der Waals surface area (Å²) in [7, 11) is 0. The Balaban J connectivity index is 1.50. The molecule has 0 aliphatic carbocycles. The van der Waals surface area contributed by atoms with Crippen molar-refractivity contribution in [1.82, 2.24) is 15.3 Å². The summed E-state index contributed by atoms with van der Waals surface area (Å²) in [6.45, 7) is 4.22. The quantitative estimate of drug-likeness (QED) is 0.254. The van der Waals surface area contributed by atoms with Crippen LogP contribution in [0.15, 0.2) is 84.1 Å². The molecule has 0 radical (unpaired) electrons. The van der Waals surface area contributed by atoms with E-state index in [-0.39, 0.29) is 11.8 Å². The van der Waals surface area contributed by atoms with Crippen LogP contribution >= 0.6 is 11.6 Å². The lowest BCUT2D eigenvalue weighted by Gasteiger charge is -2.20. The molecule has 0 fully saturated rings. The second-order valence-electron chi connectivity index (χ2n) is 8.93. The molecule has 3 aromatic carbocycles. The summed E-state index contributed by atoms with van der Waals surface area (Å²) in [6.07, 6.45) is 3.53. The van der Waals surface area contributed by atoms with Crippen LogP contribution in [0.1, 0.15) is 40.9 Å². The molecule has 7 nitrogen and oxygen atoms in total. The van der Waals surface area contributed by atoms with Gasteiger partial charge in [-0.3, -0.25) is 9.59 Å². The number of halogens is 1. The fraction of sp³-hybridized carbons (Fsp3) is 0.172. The van der Waals surface area contributed by atoms with E-state index in [1.54, 1.807) is 36.5 Å². The average Bonchev–Trinajstić information content (AvgIpc) is 3.24. The zero-order valence-electron chi connectivity index (χ0n) is 20.5. The molecule has 1 heterocycles. The average molecular weight is 512 g/mol. The van der Waals surface area contributed by atoms with E-state index in [2.05, 4.69) is 26.5 Å². The number of fused-ring (bicyclic) bond motifs is 1. The van der Waals surface area contributed by atoms with Gasteiger partial charge < -0.3 is 9.88 Å². The molecular formula is C29H26ClN5O2. The molecule has 0 aliphatic heterocycles. The molecule has 2 amide bonds. The maximum Gasteiger partial charge on any atom is 0.262 e. The van der Waals surface area contributed by atoms with Crippen molar-refractivity contribution in [2.75, 3.05) is 0 Å². The molecule has 8 heteroatoms. The molecule has 186 valence electrons. The Morgan fingerprint density at radius 2 is 1.76 bits per heavy atom. The second-order valence-corrected chi connectivity index (χ2v) is 9.37. The van der Waals surface area contributed by atoms with E-state index < -0.39 is 11.9 Å². The van der Waals surface area contributed by atoms with Crippen LogP contribution in [-0.4, -0.2) is 28.6 Å². The molecule has 1 unspecified atom stereocenters. The van der Waals surface area contributed by atoms with Gasteiger partial charge in [0.05, 0.1) is 17.8 Å². The smallest absolute Gasteiger partial charge is 0.262 e. The maximum absolute atomic E-state index is 12.9. The van der Waals surface area contributed by atoms with Crippen LogP contribution in [0, 0.1) is 17.2 Å². The zero-order valence-corrected chi connectivity index (χ0v) is 21.2. The standard InChI is InChI=1S/C29H26ClN5O2/c1-19(2)27(33-28(36)20-11-13-24(30)14-12-20)29(37)34-32-16-23-18-35(26-10-6-5-9-25(23)26)17-22-8-4-3-7-21(22)15-31/h3-14,16,18-19,27H,17H2,1-2H3,(H,33,36)(H,34,37)/b32-16-. The van der Waals surface area contributed by atoms with Gasteiger partial charge in [-0.25, -0.2) is 5.43 Å². The van der Waals surface area contributed by atoms with Gasteiger partial charge in [0.15, 0.2) is 0 Å². The first-order chi connectivity index (χ1) is 17.9. The highest BCUT2D eigenvalue weighted by Crippen LogP contribution is 2.22. The monoisotopic (exact) mass is 511 g/mol. The molecule has 4 rings (SSSR count). The fourth-order valence-corrected chi connectivity index (χ4v) is 4.18. The Bertz CT molecular complexity index is 1500. The van der Waals surface area contributed by atoms with Gasteiger partial charge in [0, 0.05) is 39.8 Å². The minimum atomic E-state index is -0.774. The van der Waals surface area contributed by atoms with Gasteiger partial charge in [-0.1, -0.05) is 61.8 Å². The Labute approximate surface area is 220 Å². The number of nitrogens with one attached hydrogen (secondary N) is 2. The number of aromatic nitrogens is 1. The highest BCUT2D eigenvalue weighted by atomic mass is 35.5. The number of nitrogens with zero attached hydrogens (tertiary/aromatic N) is 3. The first-order valence-electron chi connectivity index (χ1n) is 11.8. The van der Waals surface area contributed by atoms with Crippen molar-refractivity contribution in [1.29, 1.82) is 5.26 Å². The van der Waals surface area contributed by atoms with Crippen molar-refractivity contribution < 1.29 is 9.59 Å². The Hall–Kier alpha value is -4.41. The number of rotatable bonds is 8. The summed E-state index contributed by atoms with van der Waals surface area (Å²) in [5, 5.41) is 17.9. The van der Waals surface area contributed by atoms with Crippen LogP contribution in [0.4, 0.5) is 0 Å². The SMILES string of the molecule is CC(C)C(NC(=O)c1ccc(Cl)cc1)C(=O)N/N=C\c1cn(Cc2ccccc2C#N)c2ccccc12. The van der Waals surface area contributed by atoms with E-state index >= 15 is 0 Å². The normalized spacial score (nSPS) is 12.0. The molecule has 37 heavy (non-hydrogen) atoms. The van der Waals surface area contributed by atoms with Gasteiger partial charge >= 0.3 is 0 Å². The third-order valence-electron chi connectivity index (χ3n) is 6.02. The van der Waals surface area contributed by atoms with E-state index in [0.29, 0.717) is 22.7 Å². The minimum Gasteiger partial charge on any atom is -0.342 e. The lowest BCUT2D eigenvalue weighted by molar-refractivity contribution is -0.123. The van der Waals surface area contributed by atoms with Gasteiger partial charge in [0.1, 0.15) is 6.04 Å². The largest absolute Gasteiger partial charge is 0.342 e. The van der Waals surface area contributed by atoms with Gasteiger partial charge in [-0.15, -0.1) is 0 Å². The molecule has 0 aliphatic rings. The number of nitriles is 1. The molecule has 0 spiro atoms. The molecule has 0 saturated carbocycles. The van der Waals surface area contributed by atoms with Gasteiger partial charge in [0.2, 0.25) is 0 Å². The predicted octanol–water partition coefficient (Wildman–Crippen LogP) is 5.12. The Morgan fingerprint density at radius 3 is 2.49 bits per heavy atom. The number of carbonyl (C=O) groups excluding carboxylic acids is 2. The maximum atomic E-state index is 12.9. The highest BCUT2D eigenvalue weighted by molar-refractivity contribution is 6.30. The molecular weight excluding hydrogens is 486 g/mol. The summed E-state index contributed by atoms with van der Waals surface area (Å²) >= 11 is 5.90. The topological polar surface area (TPSA) is 99.3 Å². The van der Waals surface area contributed by atoms with Crippen LogP contribution in [0.3, 0.4) is 0 Å².